The van der Waals surface area contributed by atoms with E-state index in [-0.39, 0.29) is 6.09 Å². The fourth-order valence-electron chi connectivity index (χ4n) is 3.41. The molecule has 0 aliphatic rings. The summed E-state index contributed by atoms with van der Waals surface area (Å²) in [6.45, 7) is 3.09. The lowest BCUT2D eigenvalue weighted by atomic mass is 10.1. The van der Waals surface area contributed by atoms with Gasteiger partial charge in [-0.25, -0.2) is 9.78 Å². The van der Waals surface area contributed by atoms with Crippen molar-refractivity contribution in [2.75, 3.05) is 18.9 Å². The molecule has 4 rings (SSSR count). The van der Waals surface area contributed by atoms with Crippen LogP contribution in [-0.4, -0.2) is 35.0 Å². The van der Waals surface area contributed by atoms with Gasteiger partial charge < -0.3 is 15.0 Å². The quantitative estimate of drug-likeness (QED) is 0.209. The van der Waals surface area contributed by atoms with Crippen LogP contribution in [0.3, 0.4) is 0 Å². The van der Waals surface area contributed by atoms with Gasteiger partial charge in [-0.3, -0.25) is 0 Å². The van der Waals surface area contributed by atoms with Gasteiger partial charge >= 0.3 is 6.09 Å². The van der Waals surface area contributed by atoms with Crippen LogP contribution < -0.4 is 5.32 Å². The molecule has 1 heterocycles. The van der Waals surface area contributed by atoms with Gasteiger partial charge in [-0.15, -0.1) is 11.8 Å². The average molecular weight is 478 g/mol. The first-order chi connectivity index (χ1) is 16.2. The number of imidazole rings is 1. The summed E-state index contributed by atoms with van der Waals surface area (Å²) in [7, 11) is 0. The van der Waals surface area contributed by atoms with Crippen LogP contribution in [0.2, 0.25) is 0 Å². The summed E-state index contributed by atoms with van der Waals surface area (Å²) >= 11 is 3.42. The number of carbonyl (C=O) groups excluding carboxylic acids is 1. The number of hydrogen-bond acceptors (Lipinski definition) is 5. The average Bonchev–Trinajstić information content (AvgIpc) is 3.26. The Hall–Kier alpha value is -2.90. The van der Waals surface area contributed by atoms with E-state index >= 15 is 0 Å². The number of amides is 1. The molecule has 170 valence electrons. The van der Waals surface area contributed by atoms with Crippen molar-refractivity contribution in [3.8, 4) is 0 Å². The van der Waals surface area contributed by atoms with Crippen molar-refractivity contribution < 1.29 is 9.53 Å². The van der Waals surface area contributed by atoms with Crippen LogP contribution in [0.15, 0.2) is 82.8 Å². The van der Waals surface area contributed by atoms with Gasteiger partial charge in [0.1, 0.15) is 6.61 Å². The molecule has 3 aromatic carbocycles. The summed E-state index contributed by atoms with van der Waals surface area (Å²) in [6.07, 6.45) is 0.433. The summed E-state index contributed by atoms with van der Waals surface area (Å²) in [5.41, 5.74) is 5.79. The highest BCUT2D eigenvalue weighted by Gasteiger charge is 2.08. The molecule has 1 aromatic heterocycles. The van der Waals surface area contributed by atoms with Gasteiger partial charge in [-0.2, -0.15) is 0 Å². The van der Waals surface area contributed by atoms with Gasteiger partial charge in [-0.1, -0.05) is 66.4 Å². The second-order valence-corrected chi connectivity index (χ2v) is 9.64. The maximum Gasteiger partial charge on any atom is 0.407 e. The zero-order valence-corrected chi connectivity index (χ0v) is 20.2. The molecule has 33 heavy (non-hydrogen) atoms. The first-order valence-corrected chi connectivity index (χ1v) is 12.9. The largest absolute Gasteiger partial charge is 0.449 e. The topological polar surface area (TPSA) is 67.0 Å². The molecule has 7 heteroatoms. The molecule has 0 unspecified atom stereocenters. The van der Waals surface area contributed by atoms with Crippen molar-refractivity contribution in [2.45, 2.75) is 29.1 Å². The summed E-state index contributed by atoms with van der Waals surface area (Å²) in [5.74, 6) is 1.56. The van der Waals surface area contributed by atoms with Crippen molar-refractivity contribution in [3.05, 3.63) is 89.5 Å². The third-order valence-corrected chi connectivity index (χ3v) is 7.27. The first kappa shape index (κ1) is 23.3. The fraction of sp³-hybridized carbons (Fsp3) is 0.231. The normalized spacial score (nSPS) is 10.9. The minimum atomic E-state index is -0.362. The molecule has 0 bridgehead atoms. The summed E-state index contributed by atoms with van der Waals surface area (Å²) in [5, 5.41) is 3.74. The lowest BCUT2D eigenvalue weighted by Crippen LogP contribution is -2.27. The fourth-order valence-corrected chi connectivity index (χ4v) is 5.27. The smallest absolute Gasteiger partial charge is 0.407 e. The van der Waals surface area contributed by atoms with E-state index in [1.807, 2.05) is 42.5 Å². The number of aromatic amines is 1. The highest BCUT2D eigenvalue weighted by Crippen LogP contribution is 2.29. The van der Waals surface area contributed by atoms with Crippen LogP contribution in [0, 0.1) is 6.92 Å². The number of para-hydroxylation sites is 2. The zero-order valence-electron chi connectivity index (χ0n) is 18.5. The zero-order chi connectivity index (χ0) is 22.9. The lowest BCUT2D eigenvalue weighted by molar-refractivity contribution is 0.153. The van der Waals surface area contributed by atoms with E-state index < -0.39 is 0 Å². The number of aromatic nitrogens is 2. The minimum Gasteiger partial charge on any atom is -0.449 e. The molecule has 1 amide bonds. The summed E-state index contributed by atoms with van der Waals surface area (Å²) < 4.78 is 5.32. The Balaban J connectivity index is 1.19. The predicted molar refractivity (Wildman–Crippen MR) is 137 cm³/mol. The molecule has 0 radical (unpaired) electrons. The molecule has 2 N–H and O–H groups in total. The van der Waals surface area contributed by atoms with Crippen molar-refractivity contribution in [2.24, 2.45) is 0 Å². The Morgan fingerprint density at radius 2 is 1.82 bits per heavy atom. The molecular formula is C26H27N3O2S2. The summed E-state index contributed by atoms with van der Waals surface area (Å²) in [6, 6.07) is 24.5. The van der Waals surface area contributed by atoms with Gasteiger partial charge in [0.05, 0.1) is 11.0 Å². The van der Waals surface area contributed by atoms with Crippen LogP contribution in [-0.2, 0) is 16.9 Å². The number of nitrogens with one attached hydrogen (secondary N) is 2. The van der Waals surface area contributed by atoms with Gasteiger partial charge in [0.25, 0.3) is 0 Å². The summed E-state index contributed by atoms with van der Waals surface area (Å²) in [4.78, 5) is 21.1. The molecular weight excluding hydrogens is 450 g/mol. The third kappa shape index (κ3) is 6.79. The first-order valence-electron chi connectivity index (χ1n) is 10.9. The SMILES string of the molecule is Cc1c(CSc2nc3ccccc3[nH]2)cccc1SCCOC(=O)NCCc1ccccc1. The molecule has 4 aromatic rings. The molecule has 0 saturated heterocycles. The Morgan fingerprint density at radius 1 is 1.00 bits per heavy atom. The Kier molecular flexibility index (Phi) is 8.33. The third-order valence-electron chi connectivity index (χ3n) is 5.23. The molecule has 0 fully saturated rings. The molecule has 0 saturated carbocycles. The monoisotopic (exact) mass is 477 g/mol. The lowest BCUT2D eigenvalue weighted by Gasteiger charge is -2.11. The maximum absolute atomic E-state index is 11.9. The van der Waals surface area contributed by atoms with E-state index in [0.29, 0.717) is 18.9 Å². The number of H-pyrrole nitrogens is 1. The Bertz CT molecular complexity index is 1160. The second-order valence-electron chi connectivity index (χ2n) is 7.53. The molecule has 0 aliphatic heterocycles. The Morgan fingerprint density at radius 3 is 2.67 bits per heavy atom. The Labute approximate surface area is 202 Å². The van der Waals surface area contributed by atoms with Crippen molar-refractivity contribution >= 4 is 40.7 Å². The van der Waals surface area contributed by atoms with E-state index in [1.165, 1.54) is 21.6 Å². The number of thioether (sulfide) groups is 2. The molecule has 0 atom stereocenters. The second kappa shape index (κ2) is 11.8. The van der Waals surface area contributed by atoms with Crippen LogP contribution in [0.4, 0.5) is 4.79 Å². The predicted octanol–water partition coefficient (Wildman–Crippen LogP) is 6.22. The van der Waals surface area contributed by atoms with E-state index in [0.717, 1.165) is 28.4 Å². The number of fused-ring (bicyclic) bond motifs is 1. The van der Waals surface area contributed by atoms with Gasteiger partial charge in [0.2, 0.25) is 0 Å². The van der Waals surface area contributed by atoms with Crippen molar-refractivity contribution in [1.82, 2.24) is 15.3 Å². The number of alkyl carbamates (subject to hydrolysis) is 1. The standard InChI is InChI=1S/C26H27N3O2S2/c1-19-21(18-33-25-28-22-11-5-6-12-23(22)29-25)10-7-13-24(19)32-17-16-31-26(30)27-15-14-20-8-3-2-4-9-20/h2-13H,14-18H2,1H3,(H,27,30)(H,28,29). The van der Waals surface area contributed by atoms with Crippen molar-refractivity contribution in [3.63, 3.8) is 0 Å². The van der Waals surface area contributed by atoms with Gasteiger partial charge in [0.15, 0.2) is 5.16 Å². The molecule has 0 spiro atoms. The van der Waals surface area contributed by atoms with Crippen LogP contribution in [0.5, 0.6) is 0 Å². The number of rotatable bonds is 10. The van der Waals surface area contributed by atoms with E-state index in [9.17, 15) is 4.79 Å². The van der Waals surface area contributed by atoms with Gasteiger partial charge in [-0.05, 0) is 48.2 Å². The van der Waals surface area contributed by atoms with Crippen molar-refractivity contribution in [1.29, 1.82) is 0 Å². The highest BCUT2D eigenvalue weighted by molar-refractivity contribution is 7.99. The maximum atomic E-state index is 11.9. The number of ether oxygens (including phenoxy) is 1. The van der Waals surface area contributed by atoms with E-state index in [2.05, 4.69) is 52.5 Å². The van der Waals surface area contributed by atoms with E-state index in [4.69, 9.17) is 4.74 Å². The molecule has 5 nitrogen and oxygen atoms in total. The highest BCUT2D eigenvalue weighted by atomic mass is 32.2. The van der Waals surface area contributed by atoms with Crippen LogP contribution in [0.1, 0.15) is 16.7 Å². The molecule has 0 aliphatic carbocycles. The van der Waals surface area contributed by atoms with Crippen LogP contribution >= 0.6 is 23.5 Å². The minimum absolute atomic E-state index is 0.362. The van der Waals surface area contributed by atoms with Crippen LogP contribution in [0.25, 0.3) is 11.0 Å². The van der Waals surface area contributed by atoms with Gasteiger partial charge in [0, 0.05) is 22.9 Å². The number of carbonyl (C=O) groups is 1. The van der Waals surface area contributed by atoms with E-state index in [1.54, 1.807) is 23.5 Å². The number of benzene rings is 3. The number of nitrogens with zero attached hydrogens (tertiary/aromatic N) is 1. The number of hydrogen-bond donors (Lipinski definition) is 2.